The van der Waals surface area contributed by atoms with Gasteiger partial charge in [-0.2, -0.15) is 0 Å². The molecule has 0 aliphatic rings. The van der Waals surface area contributed by atoms with Crippen LogP contribution in [0.1, 0.15) is 24.0 Å². The highest BCUT2D eigenvalue weighted by atomic mass is 32.2. The van der Waals surface area contributed by atoms with Gasteiger partial charge >= 0.3 is 5.97 Å². The minimum atomic E-state index is -4.41. The van der Waals surface area contributed by atoms with Gasteiger partial charge in [0.15, 0.2) is 0 Å². The van der Waals surface area contributed by atoms with Crippen LogP contribution in [0.15, 0.2) is 71.6 Å². The summed E-state index contributed by atoms with van der Waals surface area (Å²) in [4.78, 5) is 21.4. The van der Waals surface area contributed by atoms with Gasteiger partial charge in [-0.05, 0) is 41.0 Å². The Hall–Kier alpha value is -3.76. The second-order valence-electron chi connectivity index (χ2n) is 7.95. The smallest absolute Gasteiger partial charge is 0.303 e. The van der Waals surface area contributed by atoms with Crippen LogP contribution in [0.25, 0.3) is 10.8 Å². The Morgan fingerprint density at radius 3 is 2.38 bits per heavy atom. The second-order valence-corrected chi connectivity index (χ2v) is 10.2. The minimum Gasteiger partial charge on any atom is -0.481 e. The first-order valence-electron chi connectivity index (χ1n) is 10.5. The number of benzene rings is 3. The number of rotatable bonds is 10. The van der Waals surface area contributed by atoms with Crippen molar-refractivity contribution in [2.24, 2.45) is 11.5 Å². The Kier molecular flexibility index (Phi) is 7.33. The minimum absolute atomic E-state index is 0.0508. The molecule has 0 aromatic heterocycles. The summed E-state index contributed by atoms with van der Waals surface area (Å²) in [5, 5.41) is 20.4. The van der Waals surface area contributed by atoms with E-state index in [1.807, 2.05) is 12.1 Å². The number of carbonyl (C=O) groups excluding carboxylic acids is 1. The van der Waals surface area contributed by atoms with E-state index in [0.717, 1.165) is 5.39 Å². The maximum atomic E-state index is 13.8. The van der Waals surface area contributed by atoms with Crippen molar-refractivity contribution in [3.8, 4) is 0 Å². The van der Waals surface area contributed by atoms with Crippen molar-refractivity contribution >= 4 is 38.3 Å². The Morgan fingerprint density at radius 2 is 1.71 bits per heavy atom. The van der Waals surface area contributed by atoms with E-state index in [0.29, 0.717) is 16.5 Å². The lowest BCUT2D eigenvalue weighted by atomic mass is 10.0. The number of amidine groups is 1. The first kappa shape index (κ1) is 24.9. The molecule has 9 nitrogen and oxygen atoms in total. The van der Waals surface area contributed by atoms with Crippen LogP contribution < -0.4 is 16.8 Å². The van der Waals surface area contributed by atoms with E-state index < -0.39 is 26.6 Å². The van der Waals surface area contributed by atoms with E-state index >= 15 is 0 Å². The van der Waals surface area contributed by atoms with Gasteiger partial charge in [-0.3, -0.25) is 15.0 Å². The van der Waals surface area contributed by atoms with E-state index in [2.05, 4.69) is 5.32 Å². The van der Waals surface area contributed by atoms with Crippen LogP contribution in [0.5, 0.6) is 0 Å². The fraction of sp³-hybridized carbons (Fsp3) is 0.208. The van der Waals surface area contributed by atoms with E-state index in [1.165, 1.54) is 18.2 Å². The zero-order chi connectivity index (χ0) is 24.9. The number of nitrogen functional groups attached to an aromatic ring is 1. The van der Waals surface area contributed by atoms with Gasteiger partial charge in [-0.15, -0.1) is 0 Å². The molecule has 3 aromatic carbocycles. The third-order valence-electron chi connectivity index (χ3n) is 5.45. The number of fused-ring (bicyclic) bond motifs is 1. The number of nitrogens with one attached hydrogen (secondary N) is 2. The molecule has 0 heterocycles. The maximum absolute atomic E-state index is 13.8. The fourth-order valence-corrected chi connectivity index (χ4v) is 5.21. The third-order valence-corrected chi connectivity index (χ3v) is 7.62. The second kappa shape index (κ2) is 10.0. The van der Waals surface area contributed by atoms with E-state index in [9.17, 15) is 18.0 Å². The van der Waals surface area contributed by atoms with Gasteiger partial charge in [0.05, 0.1) is 4.90 Å². The molecule has 0 aliphatic heterocycles. The van der Waals surface area contributed by atoms with E-state index in [-0.39, 0.29) is 36.5 Å². The van der Waals surface area contributed by atoms with Gasteiger partial charge in [-0.25, -0.2) is 8.42 Å². The van der Waals surface area contributed by atoms with Gasteiger partial charge in [0.25, 0.3) is 5.91 Å². The largest absolute Gasteiger partial charge is 0.481 e. The lowest BCUT2D eigenvalue weighted by Crippen LogP contribution is -2.60. The number of carboxylic acid groups (broad SMARTS) is 1. The molecule has 3 aromatic rings. The number of nitrogens with two attached hydrogens (primary N) is 2. The maximum Gasteiger partial charge on any atom is 0.303 e. The van der Waals surface area contributed by atoms with E-state index in [1.54, 1.807) is 36.4 Å². The van der Waals surface area contributed by atoms with Crippen molar-refractivity contribution in [3.05, 3.63) is 77.9 Å². The fourth-order valence-electron chi connectivity index (χ4n) is 3.59. The molecule has 0 spiro atoms. The van der Waals surface area contributed by atoms with Crippen LogP contribution in [0.2, 0.25) is 0 Å². The summed E-state index contributed by atoms with van der Waals surface area (Å²) < 4.78 is 27.5. The lowest BCUT2D eigenvalue weighted by molar-refractivity contribution is -0.137. The van der Waals surface area contributed by atoms with Crippen molar-refractivity contribution in [2.45, 2.75) is 29.0 Å². The van der Waals surface area contributed by atoms with Crippen LogP contribution in [0, 0.1) is 5.41 Å². The van der Waals surface area contributed by atoms with Crippen LogP contribution in [0.3, 0.4) is 0 Å². The standard InChI is InChI=1S/C24H26N4O5S/c25-22(26)19-8-3-5-16(13-19)15-24(27,23(31)28-12-4-9-21(29)30)34(32,33)20-11-10-17-6-1-2-7-18(17)14-20/h1-3,5-8,10-11,13-14H,4,9,12,15,27H2,(H3,25,26)(H,28,31)(H,29,30)/t24-/m1/s1. The molecule has 7 N–H and O–H groups in total. The number of amides is 1. The summed E-state index contributed by atoms with van der Waals surface area (Å²) in [6, 6.07) is 18.0. The molecule has 0 fully saturated rings. The summed E-state index contributed by atoms with van der Waals surface area (Å²) in [6.07, 6.45) is -0.447. The van der Waals surface area contributed by atoms with Crippen molar-refractivity contribution in [1.29, 1.82) is 5.41 Å². The summed E-state index contributed by atoms with van der Waals surface area (Å²) in [5.74, 6) is -2.18. The quantitative estimate of drug-likeness (QED) is 0.166. The van der Waals surface area contributed by atoms with Crippen LogP contribution >= 0.6 is 0 Å². The number of carbonyl (C=O) groups is 2. The number of hydrogen-bond acceptors (Lipinski definition) is 6. The van der Waals surface area contributed by atoms with Gasteiger partial charge in [0.1, 0.15) is 5.84 Å². The van der Waals surface area contributed by atoms with Gasteiger partial charge in [0.2, 0.25) is 14.7 Å². The van der Waals surface area contributed by atoms with Gasteiger partial charge in [-0.1, -0.05) is 48.5 Å². The van der Waals surface area contributed by atoms with E-state index in [4.69, 9.17) is 22.0 Å². The summed E-state index contributed by atoms with van der Waals surface area (Å²) in [7, 11) is -4.41. The average molecular weight is 483 g/mol. The molecule has 1 atom stereocenters. The first-order chi connectivity index (χ1) is 16.0. The summed E-state index contributed by atoms with van der Waals surface area (Å²) in [6.45, 7) is -0.0508. The molecule has 178 valence electrons. The monoisotopic (exact) mass is 482 g/mol. The number of hydrogen-bond donors (Lipinski definition) is 5. The highest BCUT2D eigenvalue weighted by Gasteiger charge is 2.48. The predicted octanol–water partition coefficient (Wildman–Crippen LogP) is 1.78. The Labute approximate surface area is 197 Å². The molecule has 0 saturated carbocycles. The van der Waals surface area contributed by atoms with Crippen molar-refractivity contribution < 1.29 is 23.1 Å². The molecular formula is C24H26N4O5S. The molecule has 1 amide bonds. The SMILES string of the molecule is N=C(N)c1cccc(C[C@](N)(C(=O)NCCCC(=O)O)S(=O)(=O)c2ccc3ccccc3c2)c1. The average Bonchev–Trinajstić information content (AvgIpc) is 2.81. The molecule has 3 rings (SSSR count). The highest BCUT2D eigenvalue weighted by Crippen LogP contribution is 2.29. The van der Waals surface area contributed by atoms with Crippen molar-refractivity contribution in [2.75, 3.05) is 6.54 Å². The molecule has 10 heteroatoms. The molecule has 0 unspecified atom stereocenters. The number of carboxylic acids is 1. The van der Waals surface area contributed by atoms with Crippen LogP contribution in [-0.2, 0) is 25.8 Å². The zero-order valence-corrected chi connectivity index (χ0v) is 19.1. The molecule has 0 aliphatic carbocycles. The normalized spacial score (nSPS) is 13.2. The summed E-state index contributed by atoms with van der Waals surface area (Å²) in [5.41, 5.74) is 12.7. The Balaban J connectivity index is 2.03. The zero-order valence-electron chi connectivity index (χ0n) is 18.3. The van der Waals surface area contributed by atoms with Gasteiger partial charge < -0.3 is 21.9 Å². The topological polar surface area (TPSA) is 176 Å². The molecule has 0 bridgehead atoms. The lowest BCUT2D eigenvalue weighted by Gasteiger charge is -2.28. The predicted molar refractivity (Wildman–Crippen MR) is 129 cm³/mol. The van der Waals surface area contributed by atoms with Crippen LogP contribution in [-0.4, -0.2) is 42.7 Å². The highest BCUT2D eigenvalue weighted by molar-refractivity contribution is 7.93. The van der Waals surface area contributed by atoms with Crippen molar-refractivity contribution in [1.82, 2.24) is 5.32 Å². The summed E-state index contributed by atoms with van der Waals surface area (Å²) >= 11 is 0. The third kappa shape index (κ3) is 5.24. The molecule has 0 saturated heterocycles. The van der Waals surface area contributed by atoms with Crippen molar-refractivity contribution in [3.63, 3.8) is 0 Å². The molecular weight excluding hydrogens is 456 g/mol. The van der Waals surface area contributed by atoms with Crippen LogP contribution in [0.4, 0.5) is 0 Å². The Bertz CT molecular complexity index is 1360. The molecule has 34 heavy (non-hydrogen) atoms. The Morgan fingerprint density at radius 1 is 1.00 bits per heavy atom. The van der Waals surface area contributed by atoms with Gasteiger partial charge in [0, 0.05) is 24.9 Å². The first-order valence-corrected chi connectivity index (χ1v) is 12.0. The number of sulfone groups is 1. The number of aliphatic carboxylic acids is 1. The molecule has 0 radical (unpaired) electrons.